The summed E-state index contributed by atoms with van der Waals surface area (Å²) in [5.74, 6) is -6.59. The van der Waals surface area contributed by atoms with E-state index in [9.17, 15) is 18.7 Å². The van der Waals surface area contributed by atoms with Crippen LogP contribution in [0.2, 0.25) is 0 Å². The lowest BCUT2D eigenvalue weighted by Crippen LogP contribution is -2.48. The zero-order chi connectivity index (χ0) is 12.6. The summed E-state index contributed by atoms with van der Waals surface area (Å²) < 4.78 is 27.3. The number of hydrogen-bond donors (Lipinski definition) is 2. The third-order valence-electron chi connectivity index (χ3n) is 2.29. The van der Waals surface area contributed by atoms with Crippen LogP contribution in [-0.2, 0) is 10.4 Å². The Bertz CT molecular complexity index is 401. The lowest BCUT2D eigenvalue weighted by Gasteiger charge is -2.29. The predicted octanol–water partition coefficient (Wildman–Crippen LogP) is 2.22. The minimum Gasteiger partial charge on any atom is -0.477 e. The molecule has 0 amide bonds. The van der Waals surface area contributed by atoms with Crippen molar-refractivity contribution in [2.45, 2.75) is 18.4 Å². The molecule has 0 aliphatic carbocycles. The molecule has 88 valence electrons. The number of benzene rings is 1. The maximum Gasteiger partial charge on any atom is 0.378 e. The summed E-state index contributed by atoms with van der Waals surface area (Å²) >= 11 is 1.97. The van der Waals surface area contributed by atoms with Gasteiger partial charge in [0.15, 0.2) is 5.60 Å². The Hall–Kier alpha value is -0.760. The fourth-order valence-corrected chi connectivity index (χ4v) is 1.52. The molecule has 0 bridgehead atoms. The van der Waals surface area contributed by atoms with E-state index in [4.69, 9.17) is 5.11 Å². The number of carbonyl (C=O) groups is 1. The van der Waals surface area contributed by atoms with Crippen molar-refractivity contribution >= 4 is 28.6 Å². The summed E-state index contributed by atoms with van der Waals surface area (Å²) in [7, 11) is 0. The number of aliphatic hydroxyl groups is 1. The minimum atomic E-state index is -4.24. The third-order valence-corrected chi connectivity index (χ3v) is 3.01. The number of rotatable bonds is 3. The minimum absolute atomic E-state index is 0.139. The molecule has 0 aliphatic heterocycles. The first-order chi connectivity index (χ1) is 7.19. The Morgan fingerprint density at radius 2 is 1.75 bits per heavy atom. The van der Waals surface area contributed by atoms with E-state index >= 15 is 0 Å². The van der Waals surface area contributed by atoms with Gasteiger partial charge < -0.3 is 10.2 Å². The number of alkyl halides is 2. The topological polar surface area (TPSA) is 57.5 Å². The first-order valence-electron chi connectivity index (χ1n) is 4.29. The van der Waals surface area contributed by atoms with Gasteiger partial charge in [-0.1, -0.05) is 12.1 Å². The lowest BCUT2D eigenvalue weighted by atomic mass is 9.89. The molecule has 0 spiro atoms. The molecule has 1 atom stereocenters. The molecular weight excluding hydrogens is 333 g/mol. The highest BCUT2D eigenvalue weighted by molar-refractivity contribution is 14.1. The molecule has 6 heteroatoms. The van der Waals surface area contributed by atoms with Crippen molar-refractivity contribution in [2.75, 3.05) is 0 Å². The lowest BCUT2D eigenvalue weighted by molar-refractivity contribution is -0.207. The summed E-state index contributed by atoms with van der Waals surface area (Å²) in [4.78, 5) is 10.4. The highest BCUT2D eigenvalue weighted by atomic mass is 127. The molecular formula is C10H9F2IO3. The molecule has 0 saturated heterocycles. The number of aliphatic carboxylic acids is 1. The zero-order valence-corrected chi connectivity index (χ0v) is 10.4. The van der Waals surface area contributed by atoms with Crippen molar-refractivity contribution in [3.63, 3.8) is 0 Å². The molecule has 0 heterocycles. The van der Waals surface area contributed by atoms with Crippen molar-refractivity contribution in [2.24, 2.45) is 0 Å². The Morgan fingerprint density at radius 1 is 1.31 bits per heavy atom. The SMILES string of the molecule is CC(O)(c1ccc(I)cc1)C(F)(F)C(=O)O. The molecule has 0 aromatic heterocycles. The van der Waals surface area contributed by atoms with Gasteiger partial charge in [0.2, 0.25) is 0 Å². The van der Waals surface area contributed by atoms with Gasteiger partial charge in [-0.15, -0.1) is 0 Å². The molecule has 1 aromatic carbocycles. The number of halogens is 3. The predicted molar refractivity (Wildman–Crippen MR) is 61.3 cm³/mol. The Kier molecular flexibility index (Phi) is 3.53. The monoisotopic (exact) mass is 342 g/mol. The Balaban J connectivity index is 3.20. The van der Waals surface area contributed by atoms with Gasteiger partial charge in [-0.25, -0.2) is 4.79 Å². The molecule has 1 rings (SSSR count). The molecule has 1 aromatic rings. The third kappa shape index (κ3) is 2.17. The molecule has 16 heavy (non-hydrogen) atoms. The standard InChI is InChI=1S/C10H9F2IO3/c1-9(16,10(11,12)8(14)15)6-2-4-7(13)5-3-6/h2-5,16H,1H3,(H,14,15). The van der Waals surface area contributed by atoms with Gasteiger partial charge in [0.25, 0.3) is 0 Å². The fourth-order valence-electron chi connectivity index (χ4n) is 1.16. The van der Waals surface area contributed by atoms with Crippen molar-refractivity contribution in [3.8, 4) is 0 Å². The van der Waals surface area contributed by atoms with Gasteiger partial charge in [0, 0.05) is 3.57 Å². The van der Waals surface area contributed by atoms with E-state index in [2.05, 4.69) is 0 Å². The van der Waals surface area contributed by atoms with Crippen LogP contribution in [0.15, 0.2) is 24.3 Å². The van der Waals surface area contributed by atoms with Gasteiger partial charge >= 0.3 is 11.9 Å². The molecule has 0 fully saturated rings. The molecule has 3 nitrogen and oxygen atoms in total. The van der Waals surface area contributed by atoms with Gasteiger partial charge in [0.1, 0.15) is 0 Å². The fraction of sp³-hybridized carbons (Fsp3) is 0.300. The van der Waals surface area contributed by atoms with Crippen LogP contribution in [0.1, 0.15) is 12.5 Å². The Morgan fingerprint density at radius 3 is 2.12 bits per heavy atom. The Labute approximate surface area is 104 Å². The average molecular weight is 342 g/mol. The highest BCUT2D eigenvalue weighted by Gasteiger charge is 2.56. The smallest absolute Gasteiger partial charge is 0.378 e. The van der Waals surface area contributed by atoms with Crippen LogP contribution in [0.4, 0.5) is 8.78 Å². The molecule has 0 saturated carbocycles. The summed E-state index contributed by atoms with van der Waals surface area (Å²) in [5.41, 5.74) is -2.87. The molecule has 0 radical (unpaired) electrons. The van der Waals surface area contributed by atoms with E-state index in [1.54, 1.807) is 0 Å². The number of carboxylic acids is 1. The van der Waals surface area contributed by atoms with Crippen LogP contribution in [0.5, 0.6) is 0 Å². The number of carboxylic acid groups (broad SMARTS) is 1. The first kappa shape index (κ1) is 13.3. The van der Waals surface area contributed by atoms with Gasteiger partial charge in [0.05, 0.1) is 0 Å². The van der Waals surface area contributed by atoms with Crippen LogP contribution in [-0.4, -0.2) is 22.1 Å². The van der Waals surface area contributed by atoms with Crippen LogP contribution < -0.4 is 0 Å². The summed E-state index contributed by atoms with van der Waals surface area (Å²) in [5, 5.41) is 18.0. The molecule has 1 unspecified atom stereocenters. The second kappa shape index (κ2) is 4.25. The van der Waals surface area contributed by atoms with Gasteiger partial charge in [-0.05, 0) is 47.2 Å². The van der Waals surface area contributed by atoms with Gasteiger partial charge in [-0.2, -0.15) is 8.78 Å². The van der Waals surface area contributed by atoms with Crippen molar-refractivity contribution in [3.05, 3.63) is 33.4 Å². The summed E-state index contributed by atoms with van der Waals surface area (Å²) in [6.45, 7) is 0.781. The summed E-state index contributed by atoms with van der Waals surface area (Å²) in [6, 6.07) is 5.59. The highest BCUT2D eigenvalue weighted by Crippen LogP contribution is 2.37. The average Bonchev–Trinajstić information content (AvgIpc) is 2.17. The van der Waals surface area contributed by atoms with Crippen LogP contribution in [0.25, 0.3) is 0 Å². The van der Waals surface area contributed by atoms with E-state index in [1.165, 1.54) is 24.3 Å². The maximum atomic E-state index is 13.3. The summed E-state index contributed by atoms with van der Waals surface area (Å²) in [6.07, 6.45) is 0. The van der Waals surface area contributed by atoms with E-state index in [1.807, 2.05) is 22.6 Å². The van der Waals surface area contributed by atoms with Crippen molar-refractivity contribution in [1.29, 1.82) is 0 Å². The van der Waals surface area contributed by atoms with E-state index < -0.39 is 17.5 Å². The second-order valence-corrected chi connectivity index (χ2v) is 4.70. The zero-order valence-electron chi connectivity index (χ0n) is 8.25. The van der Waals surface area contributed by atoms with Crippen molar-refractivity contribution < 1.29 is 23.8 Å². The van der Waals surface area contributed by atoms with Crippen molar-refractivity contribution in [1.82, 2.24) is 0 Å². The quantitative estimate of drug-likeness (QED) is 0.829. The van der Waals surface area contributed by atoms with E-state index in [-0.39, 0.29) is 5.56 Å². The van der Waals surface area contributed by atoms with Gasteiger partial charge in [-0.3, -0.25) is 0 Å². The van der Waals surface area contributed by atoms with Crippen LogP contribution >= 0.6 is 22.6 Å². The van der Waals surface area contributed by atoms with E-state index in [0.717, 1.165) is 10.5 Å². The first-order valence-corrected chi connectivity index (χ1v) is 5.37. The normalized spacial score (nSPS) is 15.6. The number of hydrogen-bond acceptors (Lipinski definition) is 2. The molecule has 0 aliphatic rings. The molecule has 2 N–H and O–H groups in total. The van der Waals surface area contributed by atoms with Crippen LogP contribution in [0, 0.1) is 3.57 Å². The van der Waals surface area contributed by atoms with E-state index in [0.29, 0.717) is 0 Å². The largest absolute Gasteiger partial charge is 0.477 e. The van der Waals surface area contributed by atoms with Crippen LogP contribution in [0.3, 0.4) is 0 Å². The second-order valence-electron chi connectivity index (χ2n) is 3.46. The maximum absolute atomic E-state index is 13.3.